The topological polar surface area (TPSA) is 29.5 Å². The van der Waals surface area contributed by atoms with E-state index in [1.54, 1.807) is 18.2 Å². The number of aliphatic hydroxyl groups excluding tert-OH is 1. The van der Waals surface area contributed by atoms with Crippen LogP contribution in [0.1, 0.15) is 18.1 Å². The second kappa shape index (κ2) is 4.13. The van der Waals surface area contributed by atoms with Gasteiger partial charge in [-0.3, -0.25) is 0 Å². The number of hydrogen-bond donors (Lipinski definition) is 1. The molecule has 0 saturated carbocycles. The van der Waals surface area contributed by atoms with Crippen LogP contribution in [0.4, 0.5) is 13.2 Å². The van der Waals surface area contributed by atoms with E-state index in [-0.39, 0.29) is 5.75 Å². The Kier molecular flexibility index (Phi) is 2.67. The van der Waals surface area contributed by atoms with Crippen molar-refractivity contribution < 1.29 is 23.0 Å². The lowest BCUT2D eigenvalue weighted by Gasteiger charge is -2.31. The van der Waals surface area contributed by atoms with E-state index < -0.39 is 24.8 Å². The Morgan fingerprint density at radius 3 is 2.58 bits per heavy atom. The molecule has 1 aliphatic rings. The van der Waals surface area contributed by atoms with Crippen LogP contribution < -0.4 is 4.74 Å². The van der Waals surface area contributed by atoms with Crippen molar-refractivity contribution in [1.29, 1.82) is 0 Å². The lowest BCUT2D eigenvalue weighted by molar-refractivity contribution is -0.206. The van der Waals surface area contributed by atoms with Crippen LogP contribution in [-0.4, -0.2) is 17.4 Å². The summed E-state index contributed by atoms with van der Waals surface area (Å²) in [5.74, 6) is 0.111. The molecule has 1 N–H and O–H groups in total. The Balaban J connectivity index is 2.13. The number of benzene rings is 2. The van der Waals surface area contributed by atoms with E-state index >= 15 is 0 Å². The highest BCUT2D eigenvalue weighted by Gasteiger charge is 2.46. The summed E-state index contributed by atoms with van der Waals surface area (Å²) in [5, 5.41) is 11.6. The second-order valence-electron chi connectivity index (χ2n) is 4.60. The number of ether oxygens (including phenoxy) is 1. The van der Waals surface area contributed by atoms with Gasteiger partial charge < -0.3 is 9.84 Å². The highest BCUT2D eigenvalue weighted by atomic mass is 19.4. The van der Waals surface area contributed by atoms with Crippen molar-refractivity contribution in [3.8, 4) is 5.75 Å². The predicted molar refractivity (Wildman–Crippen MR) is 64.0 cm³/mol. The maximum Gasteiger partial charge on any atom is 0.425 e. The Morgan fingerprint density at radius 1 is 1.11 bits per heavy atom. The normalized spacial score (nSPS) is 22.9. The van der Waals surface area contributed by atoms with Crippen LogP contribution in [0.25, 0.3) is 10.8 Å². The molecule has 1 aliphatic heterocycles. The first-order valence-electron chi connectivity index (χ1n) is 5.90. The van der Waals surface area contributed by atoms with E-state index in [0.717, 1.165) is 10.8 Å². The van der Waals surface area contributed by atoms with Crippen molar-refractivity contribution in [2.24, 2.45) is 0 Å². The van der Waals surface area contributed by atoms with Crippen molar-refractivity contribution in [2.45, 2.75) is 24.8 Å². The summed E-state index contributed by atoms with van der Waals surface area (Å²) >= 11 is 0. The van der Waals surface area contributed by atoms with Crippen molar-refractivity contribution >= 4 is 10.8 Å². The Bertz CT molecular complexity index is 622. The summed E-state index contributed by atoms with van der Waals surface area (Å²) in [5.41, 5.74) is 0.443. The molecule has 0 amide bonds. The van der Waals surface area contributed by atoms with Crippen LogP contribution in [0.2, 0.25) is 0 Å². The van der Waals surface area contributed by atoms with Gasteiger partial charge in [-0.1, -0.05) is 30.3 Å². The predicted octanol–water partition coefficient (Wildman–Crippen LogP) is 3.59. The van der Waals surface area contributed by atoms with E-state index in [2.05, 4.69) is 0 Å². The molecule has 0 aliphatic carbocycles. The first kappa shape index (κ1) is 12.3. The van der Waals surface area contributed by atoms with E-state index in [0.29, 0.717) is 5.56 Å². The zero-order valence-electron chi connectivity index (χ0n) is 9.82. The van der Waals surface area contributed by atoms with Gasteiger partial charge in [-0.05, 0) is 16.8 Å². The standard InChI is InChI=1S/C14H11F3O2/c15-14(16,17)12-7-10(18)13-9-4-2-1-3-8(9)5-6-11(13)19-12/h1-6,10,12,18H,7H2/t10-,12-/m1/s1. The zero-order valence-corrected chi connectivity index (χ0v) is 9.82. The molecule has 2 aromatic rings. The first-order valence-corrected chi connectivity index (χ1v) is 5.90. The fourth-order valence-corrected chi connectivity index (χ4v) is 2.44. The van der Waals surface area contributed by atoms with Gasteiger partial charge in [0.25, 0.3) is 0 Å². The molecule has 3 rings (SSSR count). The molecule has 0 fully saturated rings. The summed E-state index contributed by atoms with van der Waals surface area (Å²) in [4.78, 5) is 0. The van der Waals surface area contributed by atoms with Crippen LogP contribution in [0, 0.1) is 0 Å². The van der Waals surface area contributed by atoms with Gasteiger partial charge >= 0.3 is 6.18 Å². The van der Waals surface area contributed by atoms with Gasteiger partial charge in [0.05, 0.1) is 6.10 Å². The molecule has 1 heterocycles. The Morgan fingerprint density at radius 2 is 1.84 bits per heavy atom. The highest BCUT2D eigenvalue weighted by molar-refractivity contribution is 5.88. The van der Waals surface area contributed by atoms with E-state index in [1.807, 2.05) is 12.1 Å². The molecule has 0 spiro atoms. The molecule has 0 bridgehead atoms. The minimum atomic E-state index is -4.47. The fourth-order valence-electron chi connectivity index (χ4n) is 2.44. The molecule has 100 valence electrons. The molecule has 2 aromatic carbocycles. The zero-order chi connectivity index (χ0) is 13.6. The average Bonchev–Trinajstić information content (AvgIpc) is 2.37. The number of fused-ring (bicyclic) bond motifs is 3. The average molecular weight is 268 g/mol. The summed E-state index contributed by atoms with van der Waals surface area (Å²) in [7, 11) is 0. The molecule has 0 aromatic heterocycles. The van der Waals surface area contributed by atoms with Gasteiger partial charge in [-0.25, -0.2) is 0 Å². The van der Waals surface area contributed by atoms with E-state index in [1.165, 1.54) is 6.07 Å². The minimum Gasteiger partial charge on any atom is -0.480 e. The van der Waals surface area contributed by atoms with Gasteiger partial charge in [0.15, 0.2) is 6.10 Å². The number of hydrogen-bond acceptors (Lipinski definition) is 2. The van der Waals surface area contributed by atoms with Gasteiger partial charge in [0.2, 0.25) is 0 Å². The van der Waals surface area contributed by atoms with Crippen LogP contribution in [0.5, 0.6) is 5.75 Å². The third-order valence-electron chi connectivity index (χ3n) is 3.34. The van der Waals surface area contributed by atoms with Gasteiger partial charge in [0.1, 0.15) is 5.75 Å². The minimum absolute atomic E-state index is 0.111. The molecule has 0 unspecified atom stereocenters. The highest BCUT2D eigenvalue weighted by Crippen LogP contribution is 2.43. The van der Waals surface area contributed by atoms with Crippen LogP contribution in [-0.2, 0) is 0 Å². The quantitative estimate of drug-likeness (QED) is 0.791. The van der Waals surface area contributed by atoms with Crippen molar-refractivity contribution in [3.63, 3.8) is 0 Å². The molecule has 19 heavy (non-hydrogen) atoms. The molecule has 0 radical (unpaired) electrons. The maximum absolute atomic E-state index is 12.7. The molecular formula is C14H11F3O2. The number of rotatable bonds is 0. The maximum atomic E-state index is 12.7. The van der Waals surface area contributed by atoms with Crippen molar-refractivity contribution in [1.82, 2.24) is 0 Å². The molecule has 2 atom stereocenters. The summed E-state index contributed by atoms with van der Waals surface area (Å²) in [6.45, 7) is 0. The second-order valence-corrected chi connectivity index (χ2v) is 4.60. The lowest BCUT2D eigenvalue weighted by atomic mass is 9.93. The lowest BCUT2D eigenvalue weighted by Crippen LogP contribution is -2.38. The third kappa shape index (κ3) is 2.04. The number of alkyl halides is 3. The smallest absolute Gasteiger partial charge is 0.425 e. The van der Waals surface area contributed by atoms with Crippen LogP contribution in [0.3, 0.4) is 0 Å². The first-order chi connectivity index (χ1) is 8.97. The van der Waals surface area contributed by atoms with Gasteiger partial charge in [-0.15, -0.1) is 0 Å². The van der Waals surface area contributed by atoms with E-state index in [9.17, 15) is 18.3 Å². The van der Waals surface area contributed by atoms with Crippen molar-refractivity contribution in [2.75, 3.05) is 0 Å². The molecule has 2 nitrogen and oxygen atoms in total. The monoisotopic (exact) mass is 268 g/mol. The third-order valence-corrected chi connectivity index (χ3v) is 3.34. The molecular weight excluding hydrogens is 257 g/mol. The summed E-state index contributed by atoms with van der Waals surface area (Å²) < 4.78 is 43.0. The number of aliphatic hydroxyl groups is 1. The van der Waals surface area contributed by atoms with Crippen LogP contribution >= 0.6 is 0 Å². The van der Waals surface area contributed by atoms with Gasteiger partial charge in [-0.2, -0.15) is 13.2 Å². The fraction of sp³-hybridized carbons (Fsp3) is 0.286. The Hall–Kier alpha value is -1.75. The Labute approximate surface area is 107 Å². The van der Waals surface area contributed by atoms with Gasteiger partial charge in [0, 0.05) is 12.0 Å². The van der Waals surface area contributed by atoms with Crippen LogP contribution in [0.15, 0.2) is 36.4 Å². The molecule has 5 heteroatoms. The summed E-state index contributed by atoms with van der Waals surface area (Å²) in [6, 6.07) is 10.4. The summed E-state index contributed by atoms with van der Waals surface area (Å²) in [6.07, 6.45) is -8.05. The SMILES string of the molecule is O[C@@H]1C[C@H](C(F)(F)F)Oc2ccc3ccccc3c21. The van der Waals surface area contributed by atoms with Crippen molar-refractivity contribution in [3.05, 3.63) is 42.0 Å². The number of halogens is 3. The molecule has 0 saturated heterocycles. The van der Waals surface area contributed by atoms with E-state index in [4.69, 9.17) is 4.74 Å². The largest absolute Gasteiger partial charge is 0.480 e.